The van der Waals surface area contributed by atoms with Gasteiger partial charge in [-0.1, -0.05) is 115 Å². The first kappa shape index (κ1) is 40.5. The van der Waals surface area contributed by atoms with Gasteiger partial charge in [-0.05, 0) is 107 Å². The molecule has 261 valence electrons. The van der Waals surface area contributed by atoms with Gasteiger partial charge in [0.2, 0.25) is 0 Å². The van der Waals surface area contributed by atoms with Gasteiger partial charge in [-0.25, -0.2) is 8.78 Å². The Hall–Kier alpha value is -2.22. The van der Waals surface area contributed by atoms with E-state index in [4.69, 9.17) is 0 Å². The minimum atomic E-state index is -10.7. The van der Waals surface area contributed by atoms with Crippen molar-refractivity contribution in [1.29, 1.82) is 0 Å². The molecule has 0 amide bonds. The fourth-order valence-corrected chi connectivity index (χ4v) is 14.6. The number of halogens is 8. The molecule has 13 heteroatoms. The maximum atomic E-state index is 15.3. The van der Waals surface area contributed by atoms with Crippen LogP contribution in [0.1, 0.15) is 0 Å². The zero-order chi connectivity index (χ0) is 35.1. The Morgan fingerprint density at radius 1 is 0.380 bits per heavy atom. The Morgan fingerprint density at radius 3 is 1.00 bits per heavy atom. The van der Waals surface area contributed by atoms with Gasteiger partial charge in [0.25, 0.3) is 0 Å². The summed E-state index contributed by atoms with van der Waals surface area (Å²) in [6.45, 7) is 0. The van der Waals surface area contributed by atoms with E-state index in [0.717, 1.165) is 22.9 Å². The van der Waals surface area contributed by atoms with E-state index >= 15 is 8.78 Å². The van der Waals surface area contributed by atoms with Gasteiger partial charge in [0.1, 0.15) is 11.6 Å². The van der Waals surface area contributed by atoms with Crippen molar-refractivity contribution in [1.82, 2.24) is 0 Å². The second-order valence-electron chi connectivity index (χ2n) is 10.8. The zero-order valence-corrected chi connectivity index (χ0v) is 30.8. The van der Waals surface area contributed by atoms with Crippen molar-refractivity contribution in [2.45, 2.75) is 0 Å². The first-order chi connectivity index (χ1) is 23.2. The molecule has 5 aromatic carbocycles. The number of hydrogen-bond donors (Lipinski definition) is 0. The van der Waals surface area contributed by atoms with Gasteiger partial charge in [-0.2, -0.15) is 0 Å². The quantitative estimate of drug-likeness (QED) is 0.0969. The van der Waals surface area contributed by atoms with Crippen LogP contribution >= 0.6 is 31.6 Å². The van der Waals surface area contributed by atoms with Gasteiger partial charge < -0.3 is 0 Å². The molecule has 2 unspecified atom stereocenters. The maximum Gasteiger partial charge on any atom is 2.00 e. The molecule has 0 N–H and O–H groups in total. The molecule has 0 nitrogen and oxygen atoms in total. The summed E-state index contributed by atoms with van der Waals surface area (Å²) < 4.78 is 89.9. The van der Waals surface area contributed by atoms with Crippen molar-refractivity contribution in [3.8, 4) is 0 Å². The normalized spacial score (nSPS) is 19.8. The van der Waals surface area contributed by atoms with Crippen molar-refractivity contribution in [3.05, 3.63) is 171 Å². The van der Waals surface area contributed by atoms with Crippen LogP contribution in [-0.4, -0.2) is 12.3 Å². The summed E-state index contributed by atoms with van der Waals surface area (Å²) in [7, 11) is -13.5. The van der Waals surface area contributed by atoms with E-state index < -0.39 is 31.6 Å². The molecule has 0 aromatic heterocycles. The van der Waals surface area contributed by atoms with E-state index in [1.54, 1.807) is 24.3 Å². The molecule has 1 fully saturated rings. The van der Waals surface area contributed by atoms with Crippen molar-refractivity contribution in [2.24, 2.45) is 0 Å². The van der Waals surface area contributed by atoms with E-state index in [1.165, 1.54) is 26.5 Å². The molecule has 5 radical (unpaired) electrons. The van der Waals surface area contributed by atoms with Crippen LogP contribution < -0.4 is 37.1 Å². The molecule has 0 saturated heterocycles. The largest absolute Gasteiger partial charge is 2.00 e. The summed E-state index contributed by atoms with van der Waals surface area (Å²) in [6, 6.07) is 42.3. The van der Waals surface area contributed by atoms with Gasteiger partial charge in [0.15, 0.2) is 0 Å². The summed E-state index contributed by atoms with van der Waals surface area (Å²) in [4.78, 5) is 0. The molecule has 0 bridgehead atoms. The molecular formula is C37H30F8FeP4+. The smallest absolute Gasteiger partial charge is 0.206 e. The molecule has 1 heterocycles. The maximum absolute atomic E-state index is 15.3. The minimum Gasteiger partial charge on any atom is -0.206 e. The third kappa shape index (κ3) is 11.9. The van der Waals surface area contributed by atoms with Gasteiger partial charge in [0, 0.05) is 10.6 Å². The van der Waals surface area contributed by atoms with Crippen LogP contribution in [0, 0.1) is 43.7 Å². The van der Waals surface area contributed by atoms with Gasteiger partial charge in [-0.3, -0.25) is 0 Å². The third-order valence-electron chi connectivity index (χ3n) is 7.23. The molecule has 2 aliphatic rings. The van der Waals surface area contributed by atoms with E-state index in [0.29, 0.717) is 0 Å². The molecular weight excluding hydrogens is 776 g/mol. The van der Waals surface area contributed by atoms with E-state index in [-0.39, 0.29) is 28.7 Å². The molecule has 7 rings (SSSR count). The van der Waals surface area contributed by atoms with Crippen molar-refractivity contribution < 1.29 is 51.0 Å². The number of benzene rings is 5. The summed E-state index contributed by atoms with van der Waals surface area (Å²) in [5.41, 5.74) is 0. The van der Waals surface area contributed by atoms with Crippen molar-refractivity contribution >= 4 is 68.7 Å². The van der Waals surface area contributed by atoms with Gasteiger partial charge in [-0.15, -0.1) is 0 Å². The fourth-order valence-electron chi connectivity index (χ4n) is 5.35. The number of hydrogen-bond acceptors (Lipinski definition) is 0. The Balaban J connectivity index is 0.000000369. The average Bonchev–Trinajstić information content (AvgIpc) is 3.66. The molecule has 5 aromatic rings. The fraction of sp³-hybridized carbons (Fsp3) is 0.0541. The van der Waals surface area contributed by atoms with E-state index in [1.807, 2.05) is 62.4 Å². The topological polar surface area (TPSA) is 0 Å². The van der Waals surface area contributed by atoms with Crippen LogP contribution in [0.4, 0.5) is 34.0 Å². The van der Waals surface area contributed by atoms with Crippen LogP contribution in [0.15, 0.2) is 127 Å². The van der Waals surface area contributed by atoms with E-state index in [2.05, 4.69) is 72.8 Å². The molecule has 0 spiro atoms. The third-order valence-corrected chi connectivity index (χ3v) is 15.7. The molecule has 1 aliphatic carbocycles. The molecule has 1 saturated carbocycles. The average molecular weight is 806 g/mol. The standard InChI is InChI=1S/C32H25F2P3.C5H5.F6P.Fe/c33-25-14-4-6-16-27(25)35-22-23-36(28-17-7-5-15-26(28)34)30-19-9-11-21-32(30)37(24-12-2-1-3-13-24)31-20-10-8-18-29(31)35;1-2-4-5-3-1;1-7(2,3,4,5)6;/h1-21H,22-23H2;1-5H;;/q;;-1;+2. The predicted octanol–water partition coefficient (Wildman–Crippen LogP) is 10.0. The zero-order valence-electron chi connectivity index (χ0n) is 26.1. The predicted molar refractivity (Wildman–Crippen MR) is 195 cm³/mol. The molecule has 50 heavy (non-hydrogen) atoms. The molecule has 2 atom stereocenters. The van der Waals surface area contributed by atoms with Crippen LogP contribution in [0.5, 0.6) is 0 Å². The van der Waals surface area contributed by atoms with Gasteiger partial charge in [0.05, 0.1) is 0 Å². The monoisotopic (exact) mass is 806 g/mol. The SMILES string of the molecule is F[P-](F)(F)(F)(F)F.Fc1ccccc1P1CCP(c2ccccc2F)c2ccccc2P(c2ccccc2)c2ccccc21.[CH]1[CH][CH][CH][CH]1.[Fe+2]. The molecule has 1 aliphatic heterocycles. The Morgan fingerprint density at radius 2 is 0.660 bits per heavy atom. The summed E-state index contributed by atoms with van der Waals surface area (Å²) in [5, 5.41) is 7.83. The second kappa shape index (κ2) is 16.6. The second-order valence-corrected chi connectivity index (χ2v) is 19.4. The number of fused-ring (bicyclic) bond motifs is 2. The number of rotatable bonds is 3. The Labute approximate surface area is 302 Å². The van der Waals surface area contributed by atoms with Crippen LogP contribution in [0.25, 0.3) is 0 Å². The van der Waals surface area contributed by atoms with Crippen LogP contribution in [0.2, 0.25) is 0 Å². The van der Waals surface area contributed by atoms with Crippen LogP contribution in [0.3, 0.4) is 0 Å². The summed E-state index contributed by atoms with van der Waals surface area (Å²) >= 11 is 0. The first-order valence-electron chi connectivity index (χ1n) is 15.0. The van der Waals surface area contributed by atoms with Crippen molar-refractivity contribution in [3.63, 3.8) is 0 Å². The summed E-state index contributed by atoms with van der Waals surface area (Å²) in [6.07, 6.45) is 11.6. The van der Waals surface area contributed by atoms with Crippen LogP contribution in [-0.2, 0) is 17.1 Å². The Kier molecular flexibility index (Phi) is 13.5. The summed E-state index contributed by atoms with van der Waals surface area (Å²) in [5.74, 6) is -0.307. The van der Waals surface area contributed by atoms with E-state index in [9.17, 15) is 25.2 Å². The Bertz CT molecular complexity index is 1740. The van der Waals surface area contributed by atoms with Crippen molar-refractivity contribution in [2.75, 3.05) is 12.3 Å². The van der Waals surface area contributed by atoms with Gasteiger partial charge >= 0.3 is 50.1 Å². The minimum absolute atomic E-state index is 0. The first-order valence-corrected chi connectivity index (χ1v) is 21.4.